The zero-order chi connectivity index (χ0) is 20.9. The Labute approximate surface area is 170 Å². The Morgan fingerprint density at radius 1 is 1.28 bits per heavy atom. The number of aromatic nitrogens is 1. The molecule has 9 heteroatoms. The molecule has 1 aromatic heterocycles. The van der Waals surface area contributed by atoms with E-state index in [-0.39, 0.29) is 5.91 Å². The average Bonchev–Trinajstić information content (AvgIpc) is 2.72. The van der Waals surface area contributed by atoms with Crippen LogP contribution in [-0.2, 0) is 21.4 Å². The number of nitrogens with one attached hydrogen (secondary N) is 1. The van der Waals surface area contributed by atoms with Gasteiger partial charge in [0.25, 0.3) is 0 Å². The van der Waals surface area contributed by atoms with Gasteiger partial charge in [-0.05, 0) is 31.0 Å². The van der Waals surface area contributed by atoms with Crippen molar-refractivity contribution in [1.82, 2.24) is 9.29 Å². The first-order chi connectivity index (χ1) is 13.9. The summed E-state index contributed by atoms with van der Waals surface area (Å²) in [6.45, 7) is 0.658. The van der Waals surface area contributed by atoms with Gasteiger partial charge in [-0.2, -0.15) is 4.31 Å². The van der Waals surface area contributed by atoms with Gasteiger partial charge < -0.3 is 14.8 Å². The molecule has 156 valence electrons. The smallest absolute Gasteiger partial charge is 0.242 e. The highest BCUT2D eigenvalue weighted by Crippen LogP contribution is 2.31. The number of carbonyl (C=O) groups excluding carboxylic acids is 1. The number of nitrogens with zero attached hydrogens (tertiary/aromatic N) is 2. The zero-order valence-corrected chi connectivity index (χ0v) is 17.3. The number of hydrogen-bond acceptors (Lipinski definition) is 6. The number of amides is 1. The van der Waals surface area contributed by atoms with E-state index >= 15 is 0 Å². The van der Waals surface area contributed by atoms with E-state index in [1.807, 2.05) is 12.1 Å². The van der Waals surface area contributed by atoms with Crippen molar-refractivity contribution in [2.75, 3.05) is 25.2 Å². The molecule has 0 spiro atoms. The Hall–Kier alpha value is -2.65. The molecule has 1 unspecified atom stereocenters. The molecular formula is C20H25N3O5S. The maximum Gasteiger partial charge on any atom is 0.242 e. The van der Waals surface area contributed by atoms with Crippen LogP contribution < -0.4 is 14.8 Å². The van der Waals surface area contributed by atoms with Crippen LogP contribution in [0.1, 0.15) is 24.8 Å². The predicted molar refractivity (Wildman–Crippen MR) is 109 cm³/mol. The molecule has 0 radical (unpaired) electrons. The largest absolute Gasteiger partial charge is 0.493 e. The summed E-state index contributed by atoms with van der Waals surface area (Å²) in [4.78, 5) is 16.8. The molecule has 1 aliphatic rings. The van der Waals surface area contributed by atoms with Crippen LogP contribution in [0.5, 0.6) is 11.5 Å². The van der Waals surface area contributed by atoms with E-state index in [1.54, 1.807) is 30.6 Å². The van der Waals surface area contributed by atoms with Gasteiger partial charge in [-0.15, -0.1) is 0 Å². The Morgan fingerprint density at radius 3 is 2.79 bits per heavy atom. The molecular weight excluding hydrogens is 394 g/mol. The molecule has 1 atom stereocenters. The lowest BCUT2D eigenvalue weighted by Crippen LogP contribution is -2.49. The maximum atomic E-state index is 12.8. The van der Waals surface area contributed by atoms with Gasteiger partial charge in [0, 0.05) is 36.3 Å². The fourth-order valence-electron chi connectivity index (χ4n) is 3.30. The average molecular weight is 420 g/mol. The third-order valence-electron chi connectivity index (χ3n) is 4.73. The summed E-state index contributed by atoms with van der Waals surface area (Å²) in [5.41, 5.74) is 1.41. The second-order valence-electron chi connectivity index (χ2n) is 6.89. The fraction of sp³-hybridized carbons (Fsp3) is 0.400. The van der Waals surface area contributed by atoms with Crippen LogP contribution in [0, 0.1) is 0 Å². The van der Waals surface area contributed by atoms with Crippen LogP contribution in [0.2, 0.25) is 0 Å². The van der Waals surface area contributed by atoms with Crippen molar-refractivity contribution in [2.24, 2.45) is 0 Å². The first-order valence-electron chi connectivity index (χ1n) is 9.36. The number of benzene rings is 1. The first-order valence-corrected chi connectivity index (χ1v) is 11.2. The minimum absolute atomic E-state index is 0.298. The second kappa shape index (κ2) is 9.23. The number of ether oxygens (including phenoxy) is 2. The van der Waals surface area contributed by atoms with Crippen LogP contribution in [0.25, 0.3) is 0 Å². The zero-order valence-electron chi connectivity index (χ0n) is 16.5. The molecule has 1 saturated heterocycles. The van der Waals surface area contributed by atoms with Gasteiger partial charge in [-0.25, -0.2) is 8.42 Å². The highest BCUT2D eigenvalue weighted by atomic mass is 32.2. The normalized spacial score (nSPS) is 17.5. The number of sulfonamides is 1. The molecule has 0 aliphatic carbocycles. The summed E-state index contributed by atoms with van der Waals surface area (Å²) in [5, 5.41) is 2.81. The summed E-state index contributed by atoms with van der Waals surface area (Å²) < 4.78 is 36.5. The van der Waals surface area contributed by atoms with Crippen molar-refractivity contribution in [3.05, 3.63) is 48.3 Å². The molecule has 8 nitrogen and oxygen atoms in total. The molecule has 2 aromatic rings. The van der Waals surface area contributed by atoms with Crippen molar-refractivity contribution in [3.8, 4) is 11.5 Å². The summed E-state index contributed by atoms with van der Waals surface area (Å²) in [6.07, 6.45) is 6.60. The van der Waals surface area contributed by atoms with E-state index in [4.69, 9.17) is 9.47 Å². The van der Waals surface area contributed by atoms with Crippen LogP contribution >= 0.6 is 0 Å². The number of rotatable bonds is 7. The van der Waals surface area contributed by atoms with Crippen molar-refractivity contribution in [1.29, 1.82) is 0 Å². The predicted octanol–water partition coefficient (Wildman–Crippen LogP) is 2.42. The van der Waals surface area contributed by atoms with E-state index in [1.165, 1.54) is 11.4 Å². The Kier molecular flexibility index (Phi) is 6.71. The molecule has 1 N–H and O–H groups in total. The van der Waals surface area contributed by atoms with Crippen LogP contribution in [0.4, 0.5) is 5.69 Å². The SMILES string of the molecule is COc1ccc(NC(=O)C2CCCCN2S(C)(=O)=O)cc1OCc1cccnc1. The van der Waals surface area contributed by atoms with Gasteiger partial charge >= 0.3 is 0 Å². The van der Waals surface area contributed by atoms with Crippen LogP contribution in [0.3, 0.4) is 0 Å². The molecule has 0 bridgehead atoms. The quantitative estimate of drug-likeness (QED) is 0.740. The lowest BCUT2D eigenvalue weighted by molar-refractivity contribution is -0.120. The Balaban J connectivity index is 1.74. The van der Waals surface area contributed by atoms with Gasteiger partial charge in [0.1, 0.15) is 12.6 Å². The van der Waals surface area contributed by atoms with Gasteiger partial charge in [0.2, 0.25) is 15.9 Å². The standard InChI is InChI=1S/C20H25N3O5S/c1-27-18-9-8-16(12-19(18)28-14-15-6-5-10-21-13-15)22-20(24)17-7-3-4-11-23(17)29(2,25)26/h5-6,8-10,12-13,17H,3-4,7,11,14H2,1-2H3,(H,22,24). The molecule has 1 amide bonds. The van der Waals surface area contributed by atoms with E-state index in [9.17, 15) is 13.2 Å². The number of hydrogen-bond donors (Lipinski definition) is 1. The van der Waals surface area contributed by atoms with Gasteiger partial charge in [-0.3, -0.25) is 9.78 Å². The van der Waals surface area contributed by atoms with Crippen molar-refractivity contribution >= 4 is 21.6 Å². The molecule has 3 rings (SSSR count). The van der Waals surface area contributed by atoms with Gasteiger partial charge in [-0.1, -0.05) is 12.5 Å². The number of methoxy groups -OCH3 is 1. The maximum absolute atomic E-state index is 12.8. The third kappa shape index (κ3) is 5.45. The Morgan fingerprint density at radius 2 is 2.10 bits per heavy atom. The van der Waals surface area contributed by atoms with Crippen molar-refractivity contribution in [2.45, 2.75) is 31.9 Å². The summed E-state index contributed by atoms with van der Waals surface area (Å²) >= 11 is 0. The highest BCUT2D eigenvalue weighted by Gasteiger charge is 2.34. The summed E-state index contributed by atoms with van der Waals surface area (Å²) in [5.74, 6) is 0.651. The molecule has 1 aromatic carbocycles. The highest BCUT2D eigenvalue weighted by molar-refractivity contribution is 7.88. The first kappa shape index (κ1) is 21.1. The minimum atomic E-state index is -3.45. The third-order valence-corrected chi connectivity index (χ3v) is 6.02. The topological polar surface area (TPSA) is 97.8 Å². The van der Waals surface area contributed by atoms with Crippen molar-refractivity contribution < 1.29 is 22.7 Å². The molecule has 0 saturated carbocycles. The number of pyridine rings is 1. The second-order valence-corrected chi connectivity index (χ2v) is 8.83. The summed E-state index contributed by atoms with van der Waals surface area (Å²) in [7, 11) is -1.91. The monoisotopic (exact) mass is 419 g/mol. The van der Waals surface area contributed by atoms with Crippen LogP contribution in [0.15, 0.2) is 42.7 Å². The number of carbonyl (C=O) groups is 1. The lowest BCUT2D eigenvalue weighted by Gasteiger charge is -2.32. The molecule has 1 fully saturated rings. The van der Waals surface area contributed by atoms with Gasteiger partial charge in [0.05, 0.1) is 13.4 Å². The number of piperidine rings is 1. The molecule has 2 heterocycles. The van der Waals surface area contributed by atoms with E-state index in [0.29, 0.717) is 36.8 Å². The van der Waals surface area contributed by atoms with E-state index < -0.39 is 16.1 Å². The molecule has 29 heavy (non-hydrogen) atoms. The minimum Gasteiger partial charge on any atom is -0.493 e. The van der Waals surface area contributed by atoms with E-state index in [2.05, 4.69) is 10.3 Å². The van der Waals surface area contributed by atoms with Gasteiger partial charge in [0.15, 0.2) is 11.5 Å². The van der Waals surface area contributed by atoms with Crippen LogP contribution in [-0.4, -0.2) is 49.6 Å². The van der Waals surface area contributed by atoms with Crippen molar-refractivity contribution in [3.63, 3.8) is 0 Å². The lowest BCUT2D eigenvalue weighted by atomic mass is 10.0. The fourth-order valence-corrected chi connectivity index (χ4v) is 4.43. The molecule has 1 aliphatic heterocycles. The Bertz CT molecular complexity index is 950. The number of anilines is 1. The summed E-state index contributed by atoms with van der Waals surface area (Å²) in [6, 6.07) is 8.07. The van der Waals surface area contributed by atoms with E-state index in [0.717, 1.165) is 24.7 Å².